The SMILES string of the molecule is CCOC(=O)Cc1cnc(NC(=O)CSc2nnc3c(n2)-c2cccc4cccc-3c24)s1. The monoisotopic (exact) mass is 463 g/mol. The van der Waals surface area contributed by atoms with Crippen LogP contribution in [0.4, 0.5) is 5.13 Å². The van der Waals surface area contributed by atoms with Crippen molar-refractivity contribution >= 4 is 50.9 Å². The Labute approximate surface area is 191 Å². The predicted molar refractivity (Wildman–Crippen MR) is 124 cm³/mol. The standard InChI is InChI=1S/C22H17N5O3S2/c1-2-30-17(29)9-13-10-23-21(32-13)24-16(28)11-31-22-25-19-14-7-3-5-12-6-4-8-15(18(12)14)20(19)26-27-22/h3-8,10H,2,9,11H2,1H3,(H,23,24,28). The smallest absolute Gasteiger partial charge is 0.311 e. The summed E-state index contributed by atoms with van der Waals surface area (Å²) >= 11 is 2.46. The second-order valence-corrected chi connectivity index (χ2v) is 9.01. The molecule has 2 heterocycles. The number of thiazole rings is 1. The number of nitrogens with one attached hydrogen (secondary N) is 1. The van der Waals surface area contributed by atoms with Gasteiger partial charge in [0.2, 0.25) is 11.1 Å². The Kier molecular flexibility index (Phi) is 5.54. The number of anilines is 1. The average Bonchev–Trinajstić information content (AvgIpc) is 3.36. The lowest BCUT2D eigenvalue weighted by Crippen LogP contribution is -2.14. The van der Waals surface area contributed by atoms with Gasteiger partial charge in [0, 0.05) is 27.6 Å². The number of carbonyl (C=O) groups excluding carboxylic acids is 2. The summed E-state index contributed by atoms with van der Waals surface area (Å²) in [6, 6.07) is 12.2. The van der Waals surface area contributed by atoms with Crippen molar-refractivity contribution in [2.24, 2.45) is 0 Å². The third kappa shape index (κ3) is 3.94. The molecule has 32 heavy (non-hydrogen) atoms. The summed E-state index contributed by atoms with van der Waals surface area (Å²) in [7, 11) is 0. The van der Waals surface area contributed by atoms with Crippen molar-refractivity contribution in [3.8, 4) is 22.5 Å². The van der Waals surface area contributed by atoms with E-state index in [0.717, 1.165) is 38.2 Å². The molecule has 0 bridgehead atoms. The molecule has 8 nitrogen and oxygen atoms in total. The van der Waals surface area contributed by atoms with Crippen molar-refractivity contribution in [1.82, 2.24) is 20.2 Å². The minimum Gasteiger partial charge on any atom is -0.466 e. The maximum absolute atomic E-state index is 12.4. The van der Waals surface area contributed by atoms with Gasteiger partial charge < -0.3 is 10.1 Å². The molecule has 2 aromatic carbocycles. The molecule has 1 N–H and O–H groups in total. The van der Waals surface area contributed by atoms with Crippen LogP contribution in [0.2, 0.25) is 0 Å². The van der Waals surface area contributed by atoms with E-state index in [0.29, 0.717) is 16.9 Å². The first kappa shape index (κ1) is 20.5. The summed E-state index contributed by atoms with van der Waals surface area (Å²) in [6.45, 7) is 2.09. The van der Waals surface area contributed by atoms with E-state index in [1.807, 2.05) is 24.3 Å². The molecule has 1 aliphatic carbocycles. The van der Waals surface area contributed by atoms with E-state index in [4.69, 9.17) is 4.74 Å². The van der Waals surface area contributed by atoms with Gasteiger partial charge in [-0.05, 0) is 12.3 Å². The topological polar surface area (TPSA) is 107 Å². The molecule has 0 aliphatic heterocycles. The largest absolute Gasteiger partial charge is 0.466 e. The van der Waals surface area contributed by atoms with Gasteiger partial charge in [0.25, 0.3) is 0 Å². The lowest BCUT2D eigenvalue weighted by Gasteiger charge is -2.03. The Morgan fingerprint density at radius 1 is 1.09 bits per heavy atom. The third-order valence-electron chi connectivity index (χ3n) is 4.84. The predicted octanol–water partition coefficient (Wildman–Crippen LogP) is 3.97. The summed E-state index contributed by atoms with van der Waals surface area (Å²) in [4.78, 5) is 33.5. The molecule has 1 amide bonds. The van der Waals surface area contributed by atoms with Crippen LogP contribution in [0.1, 0.15) is 11.8 Å². The molecular formula is C22H17N5O3S2. The highest BCUT2D eigenvalue weighted by Gasteiger charge is 2.25. The lowest BCUT2D eigenvalue weighted by molar-refractivity contribution is -0.142. The zero-order chi connectivity index (χ0) is 22.1. The number of aromatic nitrogens is 4. The molecule has 0 spiro atoms. The van der Waals surface area contributed by atoms with E-state index in [2.05, 4.69) is 37.6 Å². The highest BCUT2D eigenvalue weighted by molar-refractivity contribution is 7.99. The molecule has 160 valence electrons. The van der Waals surface area contributed by atoms with Crippen LogP contribution in [0.25, 0.3) is 33.3 Å². The number of thioether (sulfide) groups is 1. The van der Waals surface area contributed by atoms with Gasteiger partial charge in [-0.2, -0.15) is 0 Å². The van der Waals surface area contributed by atoms with Crippen LogP contribution in [-0.2, 0) is 20.7 Å². The Morgan fingerprint density at radius 2 is 1.88 bits per heavy atom. The summed E-state index contributed by atoms with van der Waals surface area (Å²) in [5.41, 5.74) is 3.62. The number of benzene rings is 2. The van der Waals surface area contributed by atoms with Gasteiger partial charge in [-0.25, -0.2) is 9.97 Å². The van der Waals surface area contributed by atoms with Crippen LogP contribution in [0.15, 0.2) is 47.8 Å². The first-order valence-electron chi connectivity index (χ1n) is 9.92. The highest BCUT2D eigenvalue weighted by Crippen LogP contribution is 2.44. The van der Waals surface area contributed by atoms with Gasteiger partial charge in [-0.1, -0.05) is 48.2 Å². The molecule has 1 aliphatic rings. The number of carbonyl (C=O) groups is 2. The lowest BCUT2D eigenvalue weighted by atomic mass is 10.0. The number of amides is 1. The van der Waals surface area contributed by atoms with Crippen molar-refractivity contribution in [2.75, 3.05) is 17.7 Å². The minimum absolute atomic E-state index is 0.115. The van der Waals surface area contributed by atoms with E-state index >= 15 is 0 Å². The van der Waals surface area contributed by atoms with Gasteiger partial charge in [0.1, 0.15) is 11.4 Å². The van der Waals surface area contributed by atoms with Gasteiger partial charge in [0.15, 0.2) is 5.13 Å². The zero-order valence-corrected chi connectivity index (χ0v) is 18.6. The summed E-state index contributed by atoms with van der Waals surface area (Å²) in [5.74, 6) is -0.435. The van der Waals surface area contributed by atoms with Crippen LogP contribution in [0, 0.1) is 0 Å². The van der Waals surface area contributed by atoms with Crippen molar-refractivity contribution in [3.63, 3.8) is 0 Å². The molecule has 2 aromatic heterocycles. The number of fused-ring (bicyclic) bond motifs is 3. The number of rotatable bonds is 7. The van der Waals surface area contributed by atoms with Gasteiger partial charge in [0.05, 0.1) is 18.8 Å². The molecule has 0 atom stereocenters. The highest BCUT2D eigenvalue weighted by atomic mass is 32.2. The van der Waals surface area contributed by atoms with Crippen molar-refractivity contribution < 1.29 is 14.3 Å². The van der Waals surface area contributed by atoms with Gasteiger partial charge >= 0.3 is 5.97 Å². The van der Waals surface area contributed by atoms with Crippen molar-refractivity contribution in [3.05, 3.63) is 47.5 Å². The minimum atomic E-state index is -0.316. The number of nitrogens with zero attached hydrogens (tertiary/aromatic N) is 4. The van der Waals surface area contributed by atoms with Crippen LogP contribution in [0.5, 0.6) is 0 Å². The van der Waals surface area contributed by atoms with Crippen molar-refractivity contribution in [2.45, 2.75) is 18.5 Å². The number of hydrogen-bond donors (Lipinski definition) is 1. The van der Waals surface area contributed by atoms with Crippen LogP contribution < -0.4 is 5.32 Å². The normalized spacial score (nSPS) is 11.4. The quantitative estimate of drug-likeness (QED) is 0.285. The number of ether oxygens (including phenoxy) is 1. The summed E-state index contributed by atoms with van der Waals surface area (Å²) in [6.07, 6.45) is 1.70. The molecule has 10 heteroatoms. The maximum Gasteiger partial charge on any atom is 0.311 e. The number of esters is 1. The second kappa shape index (κ2) is 8.64. The molecule has 4 aromatic rings. The van der Waals surface area contributed by atoms with Gasteiger partial charge in [-0.15, -0.1) is 21.5 Å². The fourth-order valence-corrected chi connectivity index (χ4v) is 4.96. The van der Waals surface area contributed by atoms with Crippen LogP contribution >= 0.6 is 23.1 Å². The van der Waals surface area contributed by atoms with E-state index in [-0.39, 0.29) is 24.1 Å². The van der Waals surface area contributed by atoms with E-state index in [1.54, 1.807) is 13.1 Å². The van der Waals surface area contributed by atoms with Crippen molar-refractivity contribution in [1.29, 1.82) is 0 Å². The first-order valence-corrected chi connectivity index (χ1v) is 11.7. The fraction of sp³-hybridized carbons (Fsp3) is 0.182. The fourth-order valence-electron chi connectivity index (χ4n) is 3.56. The average molecular weight is 464 g/mol. The Bertz CT molecular complexity index is 1350. The van der Waals surface area contributed by atoms with E-state index < -0.39 is 0 Å². The summed E-state index contributed by atoms with van der Waals surface area (Å²) < 4.78 is 4.92. The number of hydrogen-bond acceptors (Lipinski definition) is 9. The zero-order valence-electron chi connectivity index (χ0n) is 17.0. The maximum atomic E-state index is 12.4. The van der Waals surface area contributed by atoms with Gasteiger partial charge in [-0.3, -0.25) is 9.59 Å². The van der Waals surface area contributed by atoms with E-state index in [1.165, 1.54) is 23.1 Å². The molecule has 0 saturated heterocycles. The molecule has 5 rings (SSSR count). The molecule has 0 saturated carbocycles. The molecule has 0 unspecified atom stereocenters. The molecule has 0 radical (unpaired) electrons. The third-order valence-corrected chi connectivity index (χ3v) is 6.59. The summed E-state index contributed by atoms with van der Waals surface area (Å²) in [5, 5.41) is 14.5. The second-order valence-electron chi connectivity index (χ2n) is 6.95. The molecule has 0 fully saturated rings. The Hall–Kier alpha value is -3.37. The first-order chi connectivity index (χ1) is 15.6. The van der Waals surface area contributed by atoms with E-state index in [9.17, 15) is 9.59 Å². The Morgan fingerprint density at radius 3 is 2.66 bits per heavy atom. The van der Waals surface area contributed by atoms with Crippen LogP contribution in [-0.4, -0.2) is 44.4 Å². The Balaban J connectivity index is 1.24. The molecular weight excluding hydrogens is 446 g/mol. The van der Waals surface area contributed by atoms with Crippen LogP contribution in [0.3, 0.4) is 0 Å².